The van der Waals surface area contributed by atoms with Crippen LogP contribution in [0.2, 0.25) is 0 Å². The highest BCUT2D eigenvalue weighted by Crippen LogP contribution is 2.68. The molecule has 1 aromatic heterocycles. The molecule has 5 unspecified atom stereocenters. The van der Waals surface area contributed by atoms with E-state index < -0.39 is 35.4 Å². The summed E-state index contributed by atoms with van der Waals surface area (Å²) >= 11 is 2.76. The number of nitrogens with zero attached hydrogens (tertiary/aromatic N) is 1. The van der Waals surface area contributed by atoms with Gasteiger partial charge in [-0.05, 0) is 52.8 Å². The first-order chi connectivity index (χ1) is 18.9. The number of carbonyl (C=O) groups excluding carboxylic acids is 2. The summed E-state index contributed by atoms with van der Waals surface area (Å²) in [6.07, 6.45) is -4.01. The Morgan fingerprint density at radius 2 is 1.55 bits per heavy atom. The topological polar surface area (TPSA) is 70.2 Å². The fourth-order valence-electron chi connectivity index (χ4n) is 7.73. The van der Waals surface area contributed by atoms with Gasteiger partial charge in [0.15, 0.2) is 0 Å². The van der Waals surface area contributed by atoms with E-state index in [1.807, 2.05) is 0 Å². The molecule has 2 bridgehead atoms. The molecule has 2 aliphatic carbocycles. The average Bonchev–Trinajstić information content (AvgIpc) is 3.62. The fourth-order valence-corrected chi connectivity index (χ4v) is 10.6. The van der Waals surface area contributed by atoms with Crippen LogP contribution in [0.4, 0.5) is 18.9 Å². The summed E-state index contributed by atoms with van der Waals surface area (Å²) in [6, 6.07) is 13.2. The number of carbonyl (C=O) groups is 2. The first kappa shape index (κ1) is 26.1. The molecule has 7 rings (SSSR count). The Balaban J connectivity index is 1.31. The molecule has 1 saturated heterocycles. The van der Waals surface area contributed by atoms with Crippen molar-refractivity contribution in [3.05, 3.63) is 79.8 Å². The highest BCUT2D eigenvalue weighted by atomic mass is 32.2. The fraction of sp³-hybridized carbons (Fsp3) is 0.433. The Kier molecular flexibility index (Phi) is 5.59. The molecule has 2 aliphatic heterocycles. The van der Waals surface area contributed by atoms with E-state index in [1.54, 1.807) is 11.8 Å². The molecule has 2 aromatic carbocycles. The van der Waals surface area contributed by atoms with E-state index in [0.717, 1.165) is 26.4 Å². The van der Waals surface area contributed by atoms with Crippen LogP contribution in [0, 0.1) is 29.6 Å². The van der Waals surface area contributed by atoms with Gasteiger partial charge in [-0.2, -0.15) is 13.2 Å². The lowest BCUT2D eigenvalue weighted by molar-refractivity contribution is -0.137. The van der Waals surface area contributed by atoms with Crippen molar-refractivity contribution in [2.75, 3.05) is 4.90 Å². The van der Waals surface area contributed by atoms with Crippen LogP contribution in [0.5, 0.6) is 0 Å². The molecule has 4 aliphatic rings. The quantitative estimate of drug-likeness (QED) is 0.353. The zero-order valence-corrected chi connectivity index (χ0v) is 23.6. The molecule has 0 spiro atoms. The third-order valence-electron chi connectivity index (χ3n) is 9.31. The van der Waals surface area contributed by atoms with Gasteiger partial charge < -0.3 is 4.98 Å². The number of H-pyrrole nitrogens is 1. The summed E-state index contributed by atoms with van der Waals surface area (Å²) < 4.78 is 41.6. The van der Waals surface area contributed by atoms with Gasteiger partial charge in [-0.3, -0.25) is 14.4 Å². The number of halogens is 3. The third-order valence-corrected chi connectivity index (χ3v) is 11.9. The van der Waals surface area contributed by atoms with Gasteiger partial charge in [-0.15, -0.1) is 11.8 Å². The highest BCUT2D eigenvalue weighted by Gasteiger charge is 2.70. The minimum atomic E-state index is -4.69. The normalized spacial score (nSPS) is 30.9. The maximum atomic E-state index is 13.9. The van der Waals surface area contributed by atoms with E-state index in [9.17, 15) is 27.6 Å². The maximum Gasteiger partial charge on any atom is 0.418 e. The molecule has 2 amide bonds. The lowest BCUT2D eigenvalue weighted by Gasteiger charge is -2.43. The zero-order valence-electron chi connectivity index (χ0n) is 22.0. The third kappa shape index (κ3) is 3.64. The standard InChI is InChI=1S/C30H27F3N2O3S2/c1-29(2,3)14-10-8-13(9-11-14)19-20-15-12-16(23(20)39-25-24(19)40-28(38)34-25)22-21(15)26(36)35(27(22)37)18-7-5-4-6-17(18)30(31,32)33/h4-11,15-16,19-23H,12H2,1-3H3,(H,34,38)/t15-,16-,19?,20?,21?,22?,23?/m1/s1. The molecule has 2 saturated carbocycles. The second-order valence-electron chi connectivity index (χ2n) is 12.4. The number of para-hydroxylation sites is 1. The lowest BCUT2D eigenvalue weighted by atomic mass is 9.68. The van der Waals surface area contributed by atoms with Gasteiger partial charge in [0, 0.05) is 16.0 Å². The zero-order chi connectivity index (χ0) is 28.3. The monoisotopic (exact) mass is 584 g/mol. The Morgan fingerprint density at radius 3 is 2.20 bits per heavy atom. The number of imide groups is 1. The summed E-state index contributed by atoms with van der Waals surface area (Å²) in [5.41, 5.74) is 0.850. The van der Waals surface area contributed by atoms with Gasteiger partial charge in [0.05, 0.1) is 28.1 Å². The van der Waals surface area contributed by atoms with Crippen molar-refractivity contribution in [3.8, 4) is 0 Å². The average molecular weight is 585 g/mol. The first-order valence-corrected chi connectivity index (χ1v) is 15.1. The number of aromatic amines is 1. The van der Waals surface area contributed by atoms with Gasteiger partial charge in [-0.1, -0.05) is 68.5 Å². The van der Waals surface area contributed by atoms with E-state index in [0.29, 0.717) is 6.42 Å². The SMILES string of the molecule is CC(C)(C)c1ccc(C2c3sc(=O)[nH]c3SC3C2[C@H]2C[C@@H]3C3C(=O)N(c4ccccc4C(F)(F)F)C(=O)C32)cc1. The lowest BCUT2D eigenvalue weighted by Crippen LogP contribution is -2.42. The van der Waals surface area contributed by atoms with E-state index in [-0.39, 0.29) is 44.9 Å². The predicted molar refractivity (Wildman–Crippen MR) is 148 cm³/mol. The van der Waals surface area contributed by atoms with Crippen LogP contribution in [0.1, 0.15) is 54.7 Å². The van der Waals surface area contributed by atoms with E-state index in [4.69, 9.17) is 0 Å². The number of benzene rings is 2. The van der Waals surface area contributed by atoms with Crippen molar-refractivity contribution in [3.63, 3.8) is 0 Å². The molecular formula is C30H27F3N2O3S2. The number of amides is 2. The molecule has 0 radical (unpaired) electrons. The number of hydrogen-bond donors (Lipinski definition) is 1. The van der Waals surface area contributed by atoms with Crippen LogP contribution in [0.3, 0.4) is 0 Å². The Morgan fingerprint density at radius 1 is 0.900 bits per heavy atom. The van der Waals surface area contributed by atoms with Crippen LogP contribution >= 0.6 is 23.1 Å². The number of fused-ring (bicyclic) bond motifs is 9. The van der Waals surface area contributed by atoms with Gasteiger partial charge in [0.1, 0.15) is 0 Å². The van der Waals surface area contributed by atoms with Crippen molar-refractivity contribution in [1.29, 1.82) is 0 Å². The molecular weight excluding hydrogens is 557 g/mol. The number of nitrogens with one attached hydrogen (secondary N) is 1. The highest BCUT2D eigenvalue weighted by molar-refractivity contribution is 8.00. The van der Waals surface area contributed by atoms with Crippen molar-refractivity contribution < 1.29 is 22.8 Å². The smallest absolute Gasteiger partial charge is 0.307 e. The number of rotatable bonds is 2. The number of hydrogen-bond acceptors (Lipinski definition) is 5. The maximum absolute atomic E-state index is 13.9. The predicted octanol–water partition coefficient (Wildman–Crippen LogP) is 6.43. The van der Waals surface area contributed by atoms with E-state index in [2.05, 4.69) is 50.0 Å². The molecule has 5 nitrogen and oxygen atoms in total. The number of thioether (sulfide) groups is 1. The summed E-state index contributed by atoms with van der Waals surface area (Å²) in [5, 5.41) is 0.784. The number of thiazole rings is 1. The van der Waals surface area contributed by atoms with Crippen LogP contribution in [0.15, 0.2) is 58.4 Å². The molecule has 7 atom stereocenters. The van der Waals surface area contributed by atoms with Crippen LogP contribution in [-0.4, -0.2) is 22.0 Å². The van der Waals surface area contributed by atoms with Crippen molar-refractivity contribution in [2.45, 2.75) is 55.0 Å². The van der Waals surface area contributed by atoms with Crippen LogP contribution in [0.25, 0.3) is 0 Å². The molecule has 3 heterocycles. The van der Waals surface area contributed by atoms with Crippen LogP contribution in [-0.2, 0) is 21.2 Å². The molecule has 10 heteroatoms. The van der Waals surface area contributed by atoms with E-state index in [1.165, 1.54) is 35.1 Å². The minimum absolute atomic E-state index is 0.00903. The molecule has 3 aromatic rings. The largest absolute Gasteiger partial charge is 0.418 e. The minimum Gasteiger partial charge on any atom is -0.307 e. The number of aromatic nitrogens is 1. The summed E-state index contributed by atoms with van der Waals surface area (Å²) in [7, 11) is 0. The number of anilines is 1. The first-order valence-electron chi connectivity index (χ1n) is 13.4. The van der Waals surface area contributed by atoms with Gasteiger partial charge >= 0.3 is 11.0 Å². The Hall–Kier alpha value is -2.85. The van der Waals surface area contributed by atoms with Gasteiger partial charge in [-0.25, -0.2) is 4.90 Å². The van der Waals surface area contributed by atoms with Crippen molar-refractivity contribution >= 4 is 40.6 Å². The summed E-state index contributed by atoms with van der Waals surface area (Å²) in [6.45, 7) is 6.44. The van der Waals surface area contributed by atoms with Gasteiger partial charge in [0.25, 0.3) is 0 Å². The summed E-state index contributed by atoms with van der Waals surface area (Å²) in [4.78, 5) is 44.7. The summed E-state index contributed by atoms with van der Waals surface area (Å²) in [5.74, 6) is -2.83. The van der Waals surface area contributed by atoms with E-state index >= 15 is 0 Å². The van der Waals surface area contributed by atoms with Crippen LogP contribution < -0.4 is 9.77 Å². The Labute approximate surface area is 237 Å². The molecule has 3 fully saturated rings. The second kappa shape index (κ2) is 8.58. The molecule has 40 heavy (non-hydrogen) atoms. The molecule has 208 valence electrons. The van der Waals surface area contributed by atoms with Crippen molar-refractivity contribution in [1.82, 2.24) is 4.98 Å². The second-order valence-corrected chi connectivity index (χ2v) is 14.6. The Bertz CT molecular complexity index is 1600. The number of alkyl halides is 3. The van der Waals surface area contributed by atoms with Gasteiger partial charge in [0.2, 0.25) is 11.8 Å². The molecule has 1 N–H and O–H groups in total. The van der Waals surface area contributed by atoms with Crippen molar-refractivity contribution in [2.24, 2.45) is 29.6 Å².